The van der Waals surface area contributed by atoms with Crippen molar-refractivity contribution >= 4 is 0 Å². The van der Waals surface area contributed by atoms with Gasteiger partial charge in [-0.2, -0.15) is 0 Å². The molecule has 0 bridgehead atoms. The fourth-order valence-corrected chi connectivity index (χ4v) is 1.91. The Hall–Kier alpha value is -1.26. The summed E-state index contributed by atoms with van der Waals surface area (Å²) in [7, 11) is 1.70. The molecule has 0 saturated carbocycles. The summed E-state index contributed by atoms with van der Waals surface area (Å²) in [5.74, 6) is 1.54. The van der Waals surface area contributed by atoms with Gasteiger partial charge in [-0.05, 0) is 44.4 Å². The molecule has 0 heterocycles. The molecule has 0 amide bonds. The molecule has 0 saturated heterocycles. The lowest BCUT2D eigenvalue weighted by molar-refractivity contribution is 0.190. The van der Waals surface area contributed by atoms with Gasteiger partial charge in [-0.3, -0.25) is 0 Å². The number of rotatable bonds is 9. The van der Waals surface area contributed by atoms with E-state index in [4.69, 9.17) is 19.9 Å². The SMILES string of the molecule is CCOc1ccc(C(N)CCCOC)cc1OCC. The zero-order chi connectivity index (χ0) is 14.1. The van der Waals surface area contributed by atoms with Crippen molar-refractivity contribution in [3.05, 3.63) is 23.8 Å². The van der Waals surface area contributed by atoms with E-state index in [1.807, 2.05) is 32.0 Å². The molecule has 1 aromatic carbocycles. The van der Waals surface area contributed by atoms with Gasteiger partial charge >= 0.3 is 0 Å². The van der Waals surface area contributed by atoms with E-state index < -0.39 is 0 Å². The lowest BCUT2D eigenvalue weighted by Crippen LogP contribution is -2.11. The van der Waals surface area contributed by atoms with E-state index in [0.717, 1.165) is 36.5 Å². The molecule has 0 aliphatic heterocycles. The Morgan fingerprint density at radius 3 is 2.42 bits per heavy atom. The topological polar surface area (TPSA) is 53.7 Å². The number of hydrogen-bond acceptors (Lipinski definition) is 4. The largest absolute Gasteiger partial charge is 0.490 e. The standard InChI is InChI=1S/C15H25NO3/c1-4-18-14-9-8-12(11-15(14)19-5-2)13(16)7-6-10-17-3/h8-9,11,13H,4-7,10,16H2,1-3H3. The minimum atomic E-state index is 0.00466. The lowest BCUT2D eigenvalue weighted by atomic mass is 10.0. The molecular formula is C15H25NO3. The molecule has 1 atom stereocenters. The van der Waals surface area contributed by atoms with Crippen LogP contribution in [0.3, 0.4) is 0 Å². The van der Waals surface area contributed by atoms with E-state index in [9.17, 15) is 0 Å². The normalized spacial score (nSPS) is 12.2. The van der Waals surface area contributed by atoms with Gasteiger partial charge in [-0.15, -0.1) is 0 Å². The smallest absolute Gasteiger partial charge is 0.161 e. The van der Waals surface area contributed by atoms with Crippen molar-refractivity contribution in [3.63, 3.8) is 0 Å². The third-order valence-corrected chi connectivity index (χ3v) is 2.86. The number of methoxy groups -OCH3 is 1. The maximum atomic E-state index is 6.17. The van der Waals surface area contributed by atoms with Crippen molar-refractivity contribution in [2.75, 3.05) is 26.9 Å². The van der Waals surface area contributed by atoms with Crippen molar-refractivity contribution in [1.82, 2.24) is 0 Å². The molecule has 0 aliphatic rings. The van der Waals surface area contributed by atoms with E-state index in [1.54, 1.807) is 7.11 Å². The van der Waals surface area contributed by atoms with Crippen LogP contribution in [0.1, 0.15) is 38.3 Å². The highest BCUT2D eigenvalue weighted by molar-refractivity contribution is 5.43. The van der Waals surface area contributed by atoms with Gasteiger partial charge in [0.2, 0.25) is 0 Å². The fourth-order valence-electron chi connectivity index (χ4n) is 1.91. The van der Waals surface area contributed by atoms with E-state index in [-0.39, 0.29) is 6.04 Å². The average Bonchev–Trinajstić information content (AvgIpc) is 2.41. The Labute approximate surface area is 115 Å². The van der Waals surface area contributed by atoms with Gasteiger partial charge in [0, 0.05) is 19.8 Å². The predicted molar refractivity (Wildman–Crippen MR) is 76.8 cm³/mol. The van der Waals surface area contributed by atoms with Crippen molar-refractivity contribution in [1.29, 1.82) is 0 Å². The summed E-state index contributed by atoms with van der Waals surface area (Å²) in [5, 5.41) is 0. The minimum Gasteiger partial charge on any atom is -0.490 e. The Bertz CT molecular complexity index is 368. The van der Waals surface area contributed by atoms with E-state index in [0.29, 0.717) is 13.2 Å². The summed E-state index contributed by atoms with van der Waals surface area (Å²) in [6, 6.07) is 5.92. The van der Waals surface area contributed by atoms with Gasteiger partial charge in [-0.1, -0.05) is 6.07 Å². The maximum absolute atomic E-state index is 6.17. The molecule has 1 unspecified atom stereocenters. The van der Waals surface area contributed by atoms with Crippen molar-refractivity contribution in [2.24, 2.45) is 5.73 Å². The summed E-state index contributed by atoms with van der Waals surface area (Å²) in [6.07, 6.45) is 1.85. The molecule has 108 valence electrons. The first kappa shape index (κ1) is 15.8. The second-order valence-electron chi connectivity index (χ2n) is 4.31. The van der Waals surface area contributed by atoms with Crippen LogP contribution in [0.25, 0.3) is 0 Å². The summed E-state index contributed by atoms with van der Waals surface area (Å²) in [4.78, 5) is 0. The third-order valence-electron chi connectivity index (χ3n) is 2.86. The van der Waals surface area contributed by atoms with Crippen LogP contribution in [0.15, 0.2) is 18.2 Å². The average molecular weight is 267 g/mol. The number of ether oxygens (including phenoxy) is 3. The molecule has 4 heteroatoms. The first-order valence-corrected chi connectivity index (χ1v) is 6.87. The number of hydrogen-bond donors (Lipinski definition) is 1. The van der Waals surface area contributed by atoms with Gasteiger partial charge in [0.1, 0.15) is 0 Å². The van der Waals surface area contributed by atoms with Crippen LogP contribution in [-0.4, -0.2) is 26.9 Å². The molecule has 0 aliphatic carbocycles. The van der Waals surface area contributed by atoms with Crippen molar-refractivity contribution in [3.8, 4) is 11.5 Å². The lowest BCUT2D eigenvalue weighted by Gasteiger charge is -2.16. The van der Waals surface area contributed by atoms with Crippen molar-refractivity contribution in [2.45, 2.75) is 32.7 Å². The summed E-state index contributed by atoms with van der Waals surface area (Å²) in [5.41, 5.74) is 7.25. The second-order valence-corrected chi connectivity index (χ2v) is 4.31. The van der Waals surface area contributed by atoms with E-state index in [1.165, 1.54) is 0 Å². The highest BCUT2D eigenvalue weighted by Crippen LogP contribution is 2.31. The zero-order valence-electron chi connectivity index (χ0n) is 12.1. The van der Waals surface area contributed by atoms with Crippen LogP contribution < -0.4 is 15.2 Å². The van der Waals surface area contributed by atoms with E-state index in [2.05, 4.69) is 0 Å². The molecule has 0 fully saturated rings. The van der Waals surface area contributed by atoms with Crippen LogP contribution in [-0.2, 0) is 4.74 Å². The van der Waals surface area contributed by atoms with Gasteiger partial charge < -0.3 is 19.9 Å². The fraction of sp³-hybridized carbons (Fsp3) is 0.600. The summed E-state index contributed by atoms with van der Waals surface area (Å²) >= 11 is 0. The molecular weight excluding hydrogens is 242 g/mol. The van der Waals surface area contributed by atoms with Gasteiger partial charge in [0.15, 0.2) is 11.5 Å². The summed E-state index contributed by atoms with van der Waals surface area (Å²) < 4.78 is 16.2. The Morgan fingerprint density at radius 2 is 1.79 bits per heavy atom. The second kappa shape index (κ2) is 8.77. The number of nitrogens with two attached hydrogens (primary N) is 1. The number of benzene rings is 1. The first-order valence-electron chi connectivity index (χ1n) is 6.87. The van der Waals surface area contributed by atoms with Gasteiger partial charge in [0.05, 0.1) is 13.2 Å². The Kier molecular flexibility index (Phi) is 7.30. The van der Waals surface area contributed by atoms with Crippen LogP contribution in [0, 0.1) is 0 Å². The van der Waals surface area contributed by atoms with Gasteiger partial charge in [-0.25, -0.2) is 0 Å². The predicted octanol–water partition coefficient (Wildman–Crippen LogP) is 2.91. The molecule has 0 aromatic heterocycles. The molecule has 0 spiro atoms. The molecule has 4 nitrogen and oxygen atoms in total. The molecule has 1 rings (SSSR count). The highest BCUT2D eigenvalue weighted by atomic mass is 16.5. The Balaban J connectivity index is 2.75. The van der Waals surface area contributed by atoms with Crippen LogP contribution in [0.4, 0.5) is 0 Å². The molecule has 2 N–H and O–H groups in total. The monoisotopic (exact) mass is 267 g/mol. The quantitative estimate of drug-likeness (QED) is 0.699. The highest BCUT2D eigenvalue weighted by Gasteiger charge is 2.11. The molecule has 0 radical (unpaired) electrons. The van der Waals surface area contributed by atoms with E-state index >= 15 is 0 Å². The maximum Gasteiger partial charge on any atom is 0.161 e. The summed E-state index contributed by atoms with van der Waals surface area (Å²) in [6.45, 7) is 5.89. The minimum absolute atomic E-state index is 0.00466. The third kappa shape index (κ3) is 5.09. The zero-order valence-corrected chi connectivity index (χ0v) is 12.1. The van der Waals surface area contributed by atoms with Crippen LogP contribution in [0.5, 0.6) is 11.5 Å². The van der Waals surface area contributed by atoms with Crippen LogP contribution in [0.2, 0.25) is 0 Å². The molecule has 19 heavy (non-hydrogen) atoms. The first-order chi connectivity index (χ1) is 9.22. The van der Waals surface area contributed by atoms with Crippen LogP contribution >= 0.6 is 0 Å². The molecule has 1 aromatic rings. The van der Waals surface area contributed by atoms with Gasteiger partial charge in [0.25, 0.3) is 0 Å². The van der Waals surface area contributed by atoms with Crippen molar-refractivity contribution < 1.29 is 14.2 Å². The Morgan fingerprint density at radius 1 is 1.11 bits per heavy atom.